The van der Waals surface area contributed by atoms with Crippen LogP contribution >= 0.6 is 0 Å². The lowest BCUT2D eigenvalue weighted by Gasteiger charge is -2.05. The van der Waals surface area contributed by atoms with Crippen LogP contribution in [0.3, 0.4) is 0 Å². The highest BCUT2D eigenvalue weighted by atomic mass is 32.2. The third kappa shape index (κ3) is 2.40. The summed E-state index contributed by atoms with van der Waals surface area (Å²) in [4.78, 5) is 0. The Morgan fingerprint density at radius 2 is 2.56 bits per heavy atom. The average Bonchev–Trinajstić information content (AvgIpc) is 2.15. The van der Waals surface area contributed by atoms with Crippen molar-refractivity contribution in [1.82, 2.24) is 4.72 Å². The largest absolute Gasteiger partial charge is 0.362 e. The summed E-state index contributed by atoms with van der Waals surface area (Å²) in [6.45, 7) is 0.689. The van der Waals surface area contributed by atoms with Gasteiger partial charge in [-0.1, -0.05) is 0 Å². The molecule has 1 aliphatic heterocycles. The van der Waals surface area contributed by atoms with E-state index in [2.05, 4.69) is 4.72 Å². The van der Waals surface area contributed by atoms with E-state index in [1.165, 1.54) is 0 Å². The zero-order valence-corrected chi connectivity index (χ0v) is 5.69. The summed E-state index contributed by atoms with van der Waals surface area (Å²) in [5.74, 6) is 0. The smallest absolute Gasteiger partial charge is 0.233 e. The molecule has 9 heavy (non-hydrogen) atoms. The normalized spacial score (nSPS) is 30.6. The molecule has 1 rings (SSSR count). The fourth-order valence-corrected chi connectivity index (χ4v) is 1.19. The maximum Gasteiger partial charge on any atom is 0.233 e. The molecule has 1 aliphatic rings. The zero-order valence-electron chi connectivity index (χ0n) is 4.87. The number of rotatable bonds is 2. The van der Waals surface area contributed by atoms with Crippen LogP contribution in [0.25, 0.3) is 0 Å². The van der Waals surface area contributed by atoms with Crippen molar-refractivity contribution in [2.24, 2.45) is 0 Å². The number of ether oxygens (including phenoxy) is 1. The Bertz CT molecular complexity index is 112. The summed E-state index contributed by atoms with van der Waals surface area (Å²) >= 11 is -1.93. The molecule has 0 aliphatic carbocycles. The van der Waals surface area contributed by atoms with Gasteiger partial charge in [-0.25, -0.2) is 4.21 Å². The topological polar surface area (TPSA) is 58.6 Å². The van der Waals surface area contributed by atoms with Crippen molar-refractivity contribution in [2.45, 2.75) is 19.1 Å². The highest BCUT2D eigenvalue weighted by Crippen LogP contribution is 2.08. The molecule has 1 fully saturated rings. The molecular weight excluding hydrogens is 142 g/mol. The summed E-state index contributed by atoms with van der Waals surface area (Å²) in [6.07, 6.45) is 1.58. The minimum atomic E-state index is -1.93. The molecule has 0 amide bonds. The molecule has 0 spiro atoms. The fraction of sp³-hybridized carbons (Fsp3) is 1.00. The predicted octanol–water partition coefficient (Wildman–Crippen LogP) is -0.151. The summed E-state index contributed by atoms with van der Waals surface area (Å²) in [5.41, 5.74) is 0. The minimum absolute atomic E-state index is 0.212. The van der Waals surface area contributed by atoms with Crippen molar-refractivity contribution < 1.29 is 13.5 Å². The first-order valence-corrected chi connectivity index (χ1v) is 3.88. The van der Waals surface area contributed by atoms with E-state index >= 15 is 0 Å². The van der Waals surface area contributed by atoms with E-state index in [0.717, 1.165) is 12.8 Å². The fourth-order valence-electron chi connectivity index (χ4n) is 0.783. The van der Waals surface area contributed by atoms with Crippen molar-refractivity contribution in [3.05, 3.63) is 0 Å². The van der Waals surface area contributed by atoms with Gasteiger partial charge in [-0.2, -0.15) is 4.72 Å². The first-order valence-electron chi connectivity index (χ1n) is 2.77. The molecule has 0 saturated carbocycles. The molecule has 54 valence electrons. The van der Waals surface area contributed by atoms with Gasteiger partial charge in [0.25, 0.3) is 0 Å². The lowest BCUT2D eigenvalue weighted by molar-refractivity contribution is 0.102. The first-order chi connectivity index (χ1) is 4.29. The van der Waals surface area contributed by atoms with E-state index in [1.54, 1.807) is 0 Å². The molecule has 1 saturated heterocycles. The van der Waals surface area contributed by atoms with Crippen molar-refractivity contribution in [3.8, 4) is 0 Å². The van der Waals surface area contributed by atoms with Gasteiger partial charge in [0.2, 0.25) is 11.3 Å². The molecule has 1 heterocycles. The Hall–Kier alpha value is 0.0300. The van der Waals surface area contributed by atoms with Crippen LogP contribution in [-0.4, -0.2) is 21.6 Å². The summed E-state index contributed by atoms with van der Waals surface area (Å²) in [6, 6.07) is 0. The van der Waals surface area contributed by atoms with E-state index in [1.807, 2.05) is 0 Å². The van der Waals surface area contributed by atoms with Crippen LogP contribution in [-0.2, 0) is 16.0 Å². The van der Waals surface area contributed by atoms with Crippen LogP contribution < -0.4 is 4.72 Å². The van der Waals surface area contributed by atoms with E-state index < -0.39 is 11.3 Å². The molecule has 2 atom stereocenters. The first kappa shape index (κ1) is 7.14. The Morgan fingerprint density at radius 3 is 3.00 bits per heavy atom. The molecule has 0 radical (unpaired) electrons. The van der Waals surface area contributed by atoms with E-state index in [4.69, 9.17) is 9.29 Å². The molecule has 2 N–H and O–H groups in total. The van der Waals surface area contributed by atoms with E-state index in [-0.39, 0.29) is 6.23 Å². The van der Waals surface area contributed by atoms with Gasteiger partial charge in [0.05, 0.1) is 0 Å². The molecule has 2 unspecified atom stereocenters. The highest BCUT2D eigenvalue weighted by Gasteiger charge is 2.15. The second-order valence-corrected chi connectivity index (χ2v) is 2.60. The third-order valence-corrected chi connectivity index (χ3v) is 1.63. The second kappa shape index (κ2) is 3.26. The van der Waals surface area contributed by atoms with Crippen LogP contribution in [0.4, 0.5) is 0 Å². The minimum Gasteiger partial charge on any atom is -0.362 e. The van der Waals surface area contributed by atoms with Gasteiger partial charge in [0, 0.05) is 6.61 Å². The van der Waals surface area contributed by atoms with Crippen LogP contribution in [0, 0.1) is 0 Å². The highest BCUT2D eigenvalue weighted by molar-refractivity contribution is 7.77. The summed E-state index contributed by atoms with van der Waals surface area (Å²) in [5, 5.41) is 0. The molecule has 0 aromatic carbocycles. The summed E-state index contributed by atoms with van der Waals surface area (Å²) in [7, 11) is 0. The summed E-state index contributed by atoms with van der Waals surface area (Å²) < 4.78 is 25.7. The number of nitrogens with one attached hydrogen (secondary N) is 1. The Labute approximate surface area is 56.0 Å². The van der Waals surface area contributed by atoms with E-state index in [9.17, 15) is 4.21 Å². The van der Waals surface area contributed by atoms with Crippen molar-refractivity contribution in [2.75, 3.05) is 6.61 Å². The van der Waals surface area contributed by atoms with Crippen molar-refractivity contribution in [3.63, 3.8) is 0 Å². The average molecular weight is 151 g/mol. The maximum absolute atomic E-state index is 10.1. The monoisotopic (exact) mass is 151 g/mol. The van der Waals surface area contributed by atoms with E-state index in [0.29, 0.717) is 6.61 Å². The Morgan fingerprint density at radius 1 is 1.78 bits per heavy atom. The maximum atomic E-state index is 10.1. The molecule has 0 aromatic rings. The zero-order chi connectivity index (χ0) is 6.69. The Kier molecular flexibility index (Phi) is 2.59. The van der Waals surface area contributed by atoms with Gasteiger partial charge in [0.15, 0.2) is 0 Å². The molecule has 0 bridgehead atoms. The van der Waals surface area contributed by atoms with Gasteiger partial charge in [0.1, 0.15) is 6.23 Å². The van der Waals surface area contributed by atoms with Crippen LogP contribution in [0.1, 0.15) is 12.8 Å². The van der Waals surface area contributed by atoms with Gasteiger partial charge in [-0.15, -0.1) is 0 Å². The molecule has 4 nitrogen and oxygen atoms in total. The number of hydrogen-bond acceptors (Lipinski definition) is 2. The standard InChI is InChI=1S/C4H9NO3S/c6-9(7)5-4-2-1-3-8-4/h4-5H,1-3H2,(H,6,7). The molecule has 0 aromatic heterocycles. The van der Waals surface area contributed by atoms with Crippen molar-refractivity contribution in [1.29, 1.82) is 0 Å². The number of hydrogen-bond donors (Lipinski definition) is 2. The van der Waals surface area contributed by atoms with Crippen LogP contribution in [0.15, 0.2) is 0 Å². The SMILES string of the molecule is O=S(O)NC1CCCO1. The van der Waals surface area contributed by atoms with Gasteiger partial charge < -0.3 is 4.74 Å². The van der Waals surface area contributed by atoms with Gasteiger partial charge in [-0.05, 0) is 12.8 Å². The lowest BCUT2D eigenvalue weighted by Crippen LogP contribution is -2.29. The Balaban J connectivity index is 2.19. The third-order valence-electron chi connectivity index (χ3n) is 1.16. The van der Waals surface area contributed by atoms with Crippen LogP contribution in [0.5, 0.6) is 0 Å². The molecular formula is C4H9NO3S. The quantitative estimate of drug-likeness (QED) is 0.539. The van der Waals surface area contributed by atoms with Crippen molar-refractivity contribution >= 4 is 11.3 Å². The van der Waals surface area contributed by atoms with Gasteiger partial charge >= 0.3 is 0 Å². The van der Waals surface area contributed by atoms with Gasteiger partial charge in [-0.3, -0.25) is 4.55 Å². The molecule has 5 heteroatoms. The van der Waals surface area contributed by atoms with Crippen LogP contribution in [0.2, 0.25) is 0 Å². The lowest BCUT2D eigenvalue weighted by atomic mass is 10.3. The second-order valence-electron chi connectivity index (χ2n) is 1.87. The predicted molar refractivity (Wildman–Crippen MR) is 32.9 cm³/mol.